The van der Waals surface area contributed by atoms with E-state index in [1.807, 2.05) is 0 Å². The lowest BCUT2D eigenvalue weighted by Gasteiger charge is -2.47. The second-order valence-electron chi connectivity index (χ2n) is 9.84. The highest BCUT2D eigenvalue weighted by atomic mass is 35.5. The van der Waals surface area contributed by atoms with E-state index >= 15 is 0 Å². The molecule has 2 aromatic carbocycles. The van der Waals surface area contributed by atoms with Crippen molar-refractivity contribution in [2.75, 3.05) is 12.0 Å². The van der Waals surface area contributed by atoms with Crippen LogP contribution in [0.3, 0.4) is 0 Å². The van der Waals surface area contributed by atoms with Gasteiger partial charge in [-0.25, -0.2) is 9.78 Å². The molecule has 0 N–H and O–H groups in total. The average molecular weight is 651 g/mol. The highest BCUT2D eigenvalue weighted by molar-refractivity contribution is 6.35. The predicted molar refractivity (Wildman–Crippen MR) is 149 cm³/mol. The number of para-hydroxylation sites is 1. The number of alkyl halides is 2. The fraction of sp³-hybridized carbons (Fsp3) is 0.345. The summed E-state index contributed by atoms with van der Waals surface area (Å²) in [4.78, 5) is 55.8. The van der Waals surface area contributed by atoms with E-state index in [2.05, 4.69) is 14.5 Å². The fourth-order valence-corrected chi connectivity index (χ4v) is 5.26. The van der Waals surface area contributed by atoms with Gasteiger partial charge in [0, 0.05) is 37.9 Å². The normalized spacial score (nSPS) is 23.1. The van der Waals surface area contributed by atoms with Crippen LogP contribution in [0.4, 0.5) is 20.3 Å². The van der Waals surface area contributed by atoms with Gasteiger partial charge < -0.3 is 33.2 Å². The molecule has 0 aliphatic carbocycles. The predicted octanol–water partition coefficient (Wildman–Crippen LogP) is 4.04. The number of carbonyl (C=O) groups is 4. The van der Waals surface area contributed by atoms with Gasteiger partial charge in [0.1, 0.15) is 5.82 Å². The van der Waals surface area contributed by atoms with Crippen LogP contribution in [0.25, 0.3) is 10.9 Å². The van der Waals surface area contributed by atoms with Crippen LogP contribution in [0.5, 0.6) is 11.5 Å². The van der Waals surface area contributed by atoms with Gasteiger partial charge >= 0.3 is 30.2 Å². The van der Waals surface area contributed by atoms with Crippen molar-refractivity contribution < 1.29 is 61.1 Å². The lowest BCUT2D eigenvalue weighted by atomic mass is 9.95. The topological polar surface area (TPSA) is 149 Å². The largest absolute Gasteiger partial charge is 0.586 e. The van der Waals surface area contributed by atoms with Gasteiger partial charge in [-0.05, 0) is 30.3 Å². The number of halogens is 3. The Morgan fingerprint density at radius 2 is 1.51 bits per heavy atom. The van der Waals surface area contributed by atoms with Crippen molar-refractivity contribution >= 4 is 57.9 Å². The van der Waals surface area contributed by atoms with Crippen molar-refractivity contribution in [2.45, 2.75) is 57.7 Å². The van der Waals surface area contributed by atoms with Crippen LogP contribution in [-0.2, 0) is 42.9 Å². The number of ether oxygens (including phenoxy) is 7. The van der Waals surface area contributed by atoms with E-state index in [-0.39, 0.29) is 28.0 Å². The van der Waals surface area contributed by atoms with Gasteiger partial charge in [0.25, 0.3) is 0 Å². The van der Waals surface area contributed by atoms with Gasteiger partial charge in [-0.3, -0.25) is 19.3 Å². The van der Waals surface area contributed by atoms with Crippen LogP contribution >= 0.6 is 11.6 Å². The molecule has 2 aliphatic rings. The Hall–Kier alpha value is -4.76. The van der Waals surface area contributed by atoms with Gasteiger partial charge in [0.15, 0.2) is 42.1 Å². The van der Waals surface area contributed by atoms with E-state index in [9.17, 15) is 28.0 Å². The van der Waals surface area contributed by atoms with Gasteiger partial charge in [-0.15, -0.1) is 8.78 Å². The van der Waals surface area contributed by atoms with E-state index < -0.39 is 60.8 Å². The standard InChI is InChI=1S/C29H25ClF2N2O11/c1-13(35)40-23-24(41-14(2)36)26(28(38)39-4)43-27(25(23)42-15(3)37)34(17-9-10-19-20(12-17)45-29(31,32)44-19)21-11-8-16-6-5-7-18(30)22(16)33-21/h5-12,23-27H,1-4H3. The maximum atomic E-state index is 14.0. The summed E-state index contributed by atoms with van der Waals surface area (Å²) in [7, 11) is 1.05. The van der Waals surface area contributed by atoms with Crippen LogP contribution in [0.2, 0.25) is 5.02 Å². The van der Waals surface area contributed by atoms with E-state index in [0.29, 0.717) is 10.9 Å². The molecule has 3 aromatic rings. The Morgan fingerprint density at radius 1 is 0.867 bits per heavy atom. The number of esters is 4. The van der Waals surface area contributed by atoms with Crippen LogP contribution in [-0.4, -0.2) is 72.9 Å². The molecule has 5 rings (SSSR count). The minimum absolute atomic E-state index is 0.0551. The number of aromatic nitrogens is 1. The maximum absolute atomic E-state index is 14.0. The Balaban J connectivity index is 1.74. The third-order valence-electron chi connectivity index (χ3n) is 6.67. The summed E-state index contributed by atoms with van der Waals surface area (Å²) in [5.41, 5.74) is 0.389. The summed E-state index contributed by atoms with van der Waals surface area (Å²) in [6, 6.07) is 12.0. The lowest BCUT2D eigenvalue weighted by molar-refractivity contribution is -0.286. The number of anilines is 2. The third-order valence-corrected chi connectivity index (χ3v) is 6.98. The first-order valence-electron chi connectivity index (χ1n) is 13.3. The second kappa shape index (κ2) is 12.3. The number of methoxy groups -OCH3 is 1. The van der Waals surface area contributed by atoms with Gasteiger partial charge in [0.05, 0.1) is 17.6 Å². The number of hydrogen-bond donors (Lipinski definition) is 0. The minimum atomic E-state index is -3.95. The SMILES string of the molecule is COC(=O)C1OC(N(c2ccc3c(c2)OC(F)(F)O3)c2ccc3cccc(Cl)c3n2)C(OC(C)=O)C(OC(C)=O)C1OC(C)=O. The quantitative estimate of drug-likeness (QED) is 0.268. The Bertz CT molecular complexity index is 1670. The monoisotopic (exact) mass is 650 g/mol. The molecule has 1 aromatic heterocycles. The van der Waals surface area contributed by atoms with E-state index in [4.69, 9.17) is 35.3 Å². The number of fused-ring (bicyclic) bond motifs is 2. The molecule has 16 heteroatoms. The molecule has 13 nitrogen and oxygen atoms in total. The molecule has 45 heavy (non-hydrogen) atoms. The molecule has 0 radical (unpaired) electrons. The fourth-order valence-electron chi connectivity index (χ4n) is 5.04. The van der Waals surface area contributed by atoms with Crippen molar-refractivity contribution in [3.63, 3.8) is 0 Å². The summed E-state index contributed by atoms with van der Waals surface area (Å²) in [6.07, 6.45) is -12.2. The molecule has 3 heterocycles. The average Bonchev–Trinajstić information content (AvgIpc) is 3.28. The number of rotatable bonds is 7. The van der Waals surface area contributed by atoms with E-state index in [1.165, 1.54) is 29.2 Å². The Kier molecular flexibility index (Phi) is 8.67. The van der Waals surface area contributed by atoms with Crippen molar-refractivity contribution in [2.24, 2.45) is 0 Å². The van der Waals surface area contributed by atoms with Gasteiger partial charge in [0.2, 0.25) is 0 Å². The molecule has 5 unspecified atom stereocenters. The molecular weight excluding hydrogens is 626 g/mol. The molecule has 238 valence electrons. The zero-order chi connectivity index (χ0) is 32.6. The zero-order valence-corrected chi connectivity index (χ0v) is 24.8. The lowest BCUT2D eigenvalue weighted by Crippen LogP contribution is -2.66. The molecule has 2 aliphatic heterocycles. The number of benzene rings is 2. The number of hydrogen-bond acceptors (Lipinski definition) is 13. The van der Waals surface area contributed by atoms with Crippen LogP contribution < -0.4 is 14.4 Å². The third kappa shape index (κ3) is 6.54. The molecule has 5 atom stereocenters. The Morgan fingerprint density at radius 3 is 2.18 bits per heavy atom. The smallest absolute Gasteiger partial charge is 0.467 e. The summed E-state index contributed by atoms with van der Waals surface area (Å²) in [6.45, 7) is 3.16. The zero-order valence-electron chi connectivity index (χ0n) is 24.0. The van der Waals surface area contributed by atoms with E-state index in [0.717, 1.165) is 27.9 Å². The van der Waals surface area contributed by atoms with Crippen molar-refractivity contribution in [3.8, 4) is 11.5 Å². The molecular formula is C29H25ClF2N2O11. The number of pyridine rings is 1. The van der Waals surface area contributed by atoms with Crippen molar-refractivity contribution in [3.05, 3.63) is 53.6 Å². The highest BCUT2D eigenvalue weighted by Crippen LogP contribution is 2.45. The molecule has 0 bridgehead atoms. The second-order valence-corrected chi connectivity index (χ2v) is 10.2. The minimum Gasteiger partial charge on any atom is -0.467 e. The first-order valence-corrected chi connectivity index (χ1v) is 13.6. The molecule has 0 saturated carbocycles. The van der Waals surface area contributed by atoms with Gasteiger partial charge in [-0.2, -0.15) is 0 Å². The summed E-state index contributed by atoms with van der Waals surface area (Å²) in [5, 5.41) is 0.902. The summed E-state index contributed by atoms with van der Waals surface area (Å²) < 4.78 is 64.6. The molecule has 0 spiro atoms. The first kappa shape index (κ1) is 31.7. The van der Waals surface area contributed by atoms with Crippen LogP contribution in [0, 0.1) is 0 Å². The van der Waals surface area contributed by atoms with E-state index in [1.54, 1.807) is 24.3 Å². The molecule has 1 fully saturated rings. The Labute approximate surface area is 258 Å². The first-order chi connectivity index (χ1) is 21.3. The van der Waals surface area contributed by atoms with Crippen LogP contribution in [0.1, 0.15) is 20.8 Å². The molecule has 1 saturated heterocycles. The van der Waals surface area contributed by atoms with Crippen molar-refractivity contribution in [1.29, 1.82) is 0 Å². The van der Waals surface area contributed by atoms with Gasteiger partial charge in [-0.1, -0.05) is 23.7 Å². The maximum Gasteiger partial charge on any atom is 0.586 e. The summed E-state index contributed by atoms with van der Waals surface area (Å²) >= 11 is 6.43. The molecule has 0 amide bonds. The number of carbonyl (C=O) groups excluding carboxylic acids is 4. The number of nitrogens with zero attached hydrogens (tertiary/aromatic N) is 2. The van der Waals surface area contributed by atoms with Crippen molar-refractivity contribution in [1.82, 2.24) is 4.98 Å². The summed E-state index contributed by atoms with van der Waals surface area (Å²) in [5.74, 6) is -4.26. The van der Waals surface area contributed by atoms with Crippen LogP contribution in [0.15, 0.2) is 48.5 Å². The highest BCUT2D eigenvalue weighted by Gasteiger charge is 2.57.